The molecule has 0 aliphatic rings. The van der Waals surface area contributed by atoms with Crippen molar-refractivity contribution in [1.29, 1.82) is 0 Å². The van der Waals surface area contributed by atoms with Crippen LogP contribution in [0.15, 0.2) is 85.1 Å². The normalized spacial score (nSPS) is 11.5. The molecule has 0 spiro atoms. The summed E-state index contributed by atoms with van der Waals surface area (Å²) in [4.78, 5) is 21.5. The van der Waals surface area contributed by atoms with Crippen molar-refractivity contribution in [2.75, 3.05) is 10.6 Å². The lowest BCUT2D eigenvalue weighted by Gasteiger charge is -2.11. The smallest absolute Gasteiger partial charge is 0.457 e. The number of rotatable bonds is 8. The van der Waals surface area contributed by atoms with E-state index < -0.39 is 18.0 Å². The van der Waals surface area contributed by atoms with Gasteiger partial charge in [-0.25, -0.2) is 4.98 Å². The van der Waals surface area contributed by atoms with Gasteiger partial charge in [0.15, 0.2) is 0 Å². The van der Waals surface area contributed by atoms with Gasteiger partial charge in [-0.15, -0.1) is 13.2 Å². The molecule has 0 atom stereocenters. The van der Waals surface area contributed by atoms with Crippen LogP contribution >= 0.6 is 0 Å². The first-order chi connectivity index (χ1) is 19.5. The Morgan fingerprint density at radius 3 is 2.44 bits per heavy atom. The van der Waals surface area contributed by atoms with E-state index in [0.29, 0.717) is 28.9 Å². The molecule has 0 bridgehead atoms. The van der Waals surface area contributed by atoms with Crippen molar-refractivity contribution in [1.82, 2.24) is 14.5 Å². The lowest BCUT2D eigenvalue weighted by molar-refractivity contribution is -0.274. The van der Waals surface area contributed by atoms with Gasteiger partial charge in [-0.05, 0) is 53.9 Å². The minimum atomic E-state index is -4.84. The fraction of sp³-hybridized carbons (Fsp3) is 0.167. The molecule has 5 rings (SSSR count). The van der Waals surface area contributed by atoms with Crippen molar-refractivity contribution in [3.05, 3.63) is 96.3 Å². The Morgan fingerprint density at radius 2 is 1.66 bits per heavy atom. The van der Waals surface area contributed by atoms with Crippen molar-refractivity contribution >= 4 is 34.3 Å². The van der Waals surface area contributed by atoms with Crippen LogP contribution < -0.4 is 20.1 Å². The largest absolute Gasteiger partial charge is 0.573 e. The van der Waals surface area contributed by atoms with Crippen LogP contribution in [0.25, 0.3) is 11.0 Å². The van der Waals surface area contributed by atoms with Gasteiger partial charge in [0.1, 0.15) is 22.9 Å². The lowest BCUT2D eigenvalue weighted by atomic mass is 10.0. The second-order valence-electron chi connectivity index (χ2n) is 9.56. The summed E-state index contributed by atoms with van der Waals surface area (Å²) >= 11 is 0. The van der Waals surface area contributed by atoms with E-state index in [1.54, 1.807) is 18.2 Å². The number of ether oxygens (including phenoxy) is 2. The summed E-state index contributed by atoms with van der Waals surface area (Å²) in [5, 5.41) is 5.89. The molecule has 5 aromatic rings. The number of carbonyl (C=O) groups excluding carboxylic acids is 1. The van der Waals surface area contributed by atoms with Gasteiger partial charge in [0, 0.05) is 42.8 Å². The van der Waals surface area contributed by atoms with Crippen LogP contribution in [0.4, 0.5) is 30.5 Å². The van der Waals surface area contributed by atoms with Crippen LogP contribution in [0.2, 0.25) is 0 Å². The first-order valence-corrected chi connectivity index (χ1v) is 12.7. The van der Waals surface area contributed by atoms with Crippen molar-refractivity contribution in [2.24, 2.45) is 7.05 Å². The number of imidazole rings is 1. The second kappa shape index (κ2) is 11.2. The van der Waals surface area contributed by atoms with Crippen molar-refractivity contribution in [2.45, 2.75) is 26.1 Å². The molecule has 0 fully saturated rings. The van der Waals surface area contributed by atoms with Crippen LogP contribution in [0.1, 0.15) is 35.8 Å². The number of fused-ring (bicyclic) bond motifs is 1. The van der Waals surface area contributed by atoms with E-state index in [1.807, 2.05) is 29.8 Å². The Balaban J connectivity index is 1.30. The van der Waals surface area contributed by atoms with Gasteiger partial charge < -0.3 is 24.7 Å². The van der Waals surface area contributed by atoms with Crippen LogP contribution in [0.5, 0.6) is 17.2 Å². The summed E-state index contributed by atoms with van der Waals surface area (Å²) in [7, 11) is 1.92. The number of hydrogen-bond acceptors (Lipinski definition) is 6. The molecular weight excluding hydrogens is 535 g/mol. The second-order valence-corrected chi connectivity index (χ2v) is 9.56. The minimum Gasteiger partial charge on any atom is -0.457 e. The molecule has 3 aromatic carbocycles. The molecule has 0 aliphatic heterocycles. The van der Waals surface area contributed by atoms with Gasteiger partial charge in [-0.1, -0.05) is 32.0 Å². The molecule has 0 saturated carbocycles. The number of anilines is 3. The van der Waals surface area contributed by atoms with E-state index in [0.717, 1.165) is 23.3 Å². The zero-order valence-electron chi connectivity index (χ0n) is 22.4. The number of hydrogen-bond donors (Lipinski definition) is 2. The zero-order valence-corrected chi connectivity index (χ0v) is 22.4. The molecule has 1 amide bonds. The van der Waals surface area contributed by atoms with Gasteiger partial charge in [-0.2, -0.15) is 0 Å². The van der Waals surface area contributed by atoms with Crippen LogP contribution in [0, 0.1) is 0 Å². The Morgan fingerprint density at radius 1 is 0.902 bits per heavy atom. The first-order valence-electron chi connectivity index (χ1n) is 12.7. The molecule has 8 nitrogen and oxygen atoms in total. The number of halogens is 3. The summed E-state index contributed by atoms with van der Waals surface area (Å²) in [5.41, 5.74) is 3.89. The predicted molar refractivity (Wildman–Crippen MR) is 150 cm³/mol. The number of nitrogens with zero attached hydrogens (tertiary/aromatic N) is 3. The maximum Gasteiger partial charge on any atom is 0.573 e. The maximum absolute atomic E-state index is 12.7. The Labute approximate surface area is 233 Å². The van der Waals surface area contributed by atoms with Crippen LogP contribution in [0.3, 0.4) is 0 Å². The third kappa shape index (κ3) is 6.75. The lowest BCUT2D eigenvalue weighted by Crippen LogP contribution is -2.17. The molecular formula is C30H26F3N5O3. The number of nitrogens with one attached hydrogen (secondary N) is 2. The topological polar surface area (TPSA) is 90.3 Å². The van der Waals surface area contributed by atoms with E-state index in [-0.39, 0.29) is 11.4 Å². The van der Waals surface area contributed by atoms with Crippen molar-refractivity contribution in [3.8, 4) is 17.2 Å². The van der Waals surface area contributed by atoms with Crippen molar-refractivity contribution in [3.63, 3.8) is 0 Å². The fourth-order valence-corrected chi connectivity index (χ4v) is 4.16. The highest BCUT2D eigenvalue weighted by Crippen LogP contribution is 2.29. The highest BCUT2D eigenvalue weighted by atomic mass is 19.4. The molecule has 0 unspecified atom stereocenters. The Hall–Kier alpha value is -5.06. The Kier molecular flexibility index (Phi) is 7.52. The third-order valence-corrected chi connectivity index (χ3v) is 6.19. The van der Waals surface area contributed by atoms with Crippen LogP contribution in [-0.4, -0.2) is 26.8 Å². The van der Waals surface area contributed by atoms with Gasteiger partial charge in [0.25, 0.3) is 5.91 Å². The number of benzene rings is 3. The summed E-state index contributed by atoms with van der Waals surface area (Å²) in [6.07, 6.45) is -3.44. The number of amides is 1. The highest BCUT2D eigenvalue weighted by Gasteiger charge is 2.31. The van der Waals surface area contributed by atoms with E-state index in [9.17, 15) is 18.0 Å². The van der Waals surface area contributed by atoms with E-state index in [2.05, 4.69) is 46.3 Å². The standard InChI is InChI=1S/C30H26F3N5O3/c1-18(2)19-6-4-7-20(14-19)36-29-37-25-16-22(10-11-27(25)38(29)3)40-23-12-13-34-26(17-23)28(39)35-21-8-5-9-24(15-21)41-30(31,32)33/h4-18H,1-3H3,(H,35,39)(H,36,37). The van der Waals surface area contributed by atoms with Crippen molar-refractivity contribution < 1.29 is 27.4 Å². The SMILES string of the molecule is CC(C)c1cccc(Nc2nc3cc(Oc4ccnc(C(=O)Nc5cccc(OC(F)(F)F)c5)c4)ccc3n2C)c1. The summed E-state index contributed by atoms with van der Waals surface area (Å²) < 4.78 is 49.4. The van der Waals surface area contributed by atoms with E-state index >= 15 is 0 Å². The van der Waals surface area contributed by atoms with Gasteiger partial charge in [0.05, 0.1) is 11.0 Å². The number of pyridine rings is 1. The summed E-state index contributed by atoms with van der Waals surface area (Å²) in [5.74, 6) is 0.841. The van der Waals surface area contributed by atoms with E-state index in [1.165, 1.54) is 30.0 Å². The summed E-state index contributed by atoms with van der Waals surface area (Å²) in [6.45, 7) is 4.29. The number of aryl methyl sites for hydroxylation is 1. The molecule has 41 heavy (non-hydrogen) atoms. The molecule has 0 radical (unpaired) electrons. The maximum atomic E-state index is 12.7. The number of carbonyl (C=O) groups is 1. The van der Waals surface area contributed by atoms with Gasteiger partial charge in [0.2, 0.25) is 5.95 Å². The molecule has 2 aromatic heterocycles. The monoisotopic (exact) mass is 561 g/mol. The molecule has 0 saturated heterocycles. The molecule has 2 heterocycles. The zero-order chi connectivity index (χ0) is 29.1. The number of alkyl halides is 3. The average molecular weight is 562 g/mol. The molecule has 210 valence electrons. The van der Waals surface area contributed by atoms with E-state index in [4.69, 9.17) is 9.72 Å². The van der Waals surface area contributed by atoms with Gasteiger partial charge in [-0.3, -0.25) is 9.78 Å². The summed E-state index contributed by atoms with van der Waals surface area (Å²) in [6, 6.07) is 21.7. The third-order valence-electron chi connectivity index (χ3n) is 6.19. The first kappa shape index (κ1) is 27.5. The quantitative estimate of drug-likeness (QED) is 0.201. The highest BCUT2D eigenvalue weighted by molar-refractivity contribution is 6.03. The fourth-order valence-electron chi connectivity index (χ4n) is 4.16. The Bertz CT molecular complexity index is 1720. The predicted octanol–water partition coefficient (Wildman–Crippen LogP) is 7.78. The minimum absolute atomic E-state index is 0.0127. The number of aromatic nitrogens is 3. The molecule has 11 heteroatoms. The molecule has 2 N–H and O–H groups in total. The molecule has 0 aliphatic carbocycles. The van der Waals surface area contributed by atoms with Gasteiger partial charge >= 0.3 is 6.36 Å². The average Bonchev–Trinajstić information content (AvgIpc) is 3.22. The van der Waals surface area contributed by atoms with Crippen LogP contribution in [-0.2, 0) is 7.05 Å².